The number of hydrogen-bond donors (Lipinski definition) is 0. The Bertz CT molecular complexity index is 768. The SMILES string of the molecule is CCC(=C/P(=O)(c1ccccc1)c1ccccc1)/C=C(\F)C(F)(F)Cl. The molecule has 0 aliphatic heterocycles. The Hall–Kier alpha value is -1.77. The van der Waals surface area contributed by atoms with Gasteiger partial charge >= 0.3 is 5.38 Å². The number of alkyl halides is 3. The molecule has 0 atom stereocenters. The Kier molecular flexibility index (Phi) is 6.31. The van der Waals surface area contributed by atoms with E-state index in [9.17, 15) is 17.7 Å². The van der Waals surface area contributed by atoms with Gasteiger partial charge in [0.05, 0.1) is 0 Å². The molecule has 25 heavy (non-hydrogen) atoms. The van der Waals surface area contributed by atoms with Crippen molar-refractivity contribution in [3.05, 3.63) is 84.0 Å². The standard InChI is InChI=1S/C19H17ClF3OP/c1-2-15(13-18(21)19(20,22)23)14-25(24,16-9-5-3-6-10-16)17-11-7-4-8-12-17/h3-14H,2H2,1H3/b15-14-,18-13-. The minimum Gasteiger partial charge on any atom is -0.309 e. The largest absolute Gasteiger partial charge is 0.373 e. The average Bonchev–Trinajstić information content (AvgIpc) is 2.61. The molecule has 2 aromatic rings. The molecule has 0 amide bonds. The zero-order chi connectivity index (χ0) is 18.5. The first-order valence-corrected chi connectivity index (χ1v) is 9.80. The van der Waals surface area contributed by atoms with Gasteiger partial charge in [0, 0.05) is 10.6 Å². The molecule has 2 aromatic carbocycles. The van der Waals surface area contributed by atoms with E-state index in [2.05, 4.69) is 0 Å². The number of allylic oxidation sites excluding steroid dienone is 3. The van der Waals surface area contributed by atoms with E-state index >= 15 is 0 Å². The molecule has 1 nitrogen and oxygen atoms in total. The van der Waals surface area contributed by atoms with Gasteiger partial charge in [-0.25, -0.2) is 4.39 Å². The van der Waals surface area contributed by atoms with E-state index in [1.807, 2.05) is 0 Å². The van der Waals surface area contributed by atoms with Crippen LogP contribution in [0.1, 0.15) is 13.3 Å². The minimum atomic E-state index is -4.09. The second kappa shape index (κ2) is 8.07. The summed E-state index contributed by atoms with van der Waals surface area (Å²) in [5.74, 6) is -0.394. The fourth-order valence-corrected chi connectivity index (χ4v) is 4.91. The number of hydrogen-bond acceptors (Lipinski definition) is 1. The summed E-state index contributed by atoms with van der Waals surface area (Å²) >= 11 is 4.72. The van der Waals surface area contributed by atoms with Gasteiger partial charge in [-0.15, -0.1) is 0 Å². The van der Waals surface area contributed by atoms with Gasteiger partial charge in [0.15, 0.2) is 13.0 Å². The van der Waals surface area contributed by atoms with Crippen LogP contribution in [0.3, 0.4) is 0 Å². The predicted octanol–water partition coefficient (Wildman–Crippen LogP) is 5.98. The summed E-state index contributed by atoms with van der Waals surface area (Å²) in [6.07, 6.45) is 0.885. The lowest BCUT2D eigenvalue weighted by Gasteiger charge is -2.17. The topological polar surface area (TPSA) is 17.1 Å². The summed E-state index contributed by atoms with van der Waals surface area (Å²) in [7, 11) is -3.27. The Morgan fingerprint density at radius 1 is 1.04 bits per heavy atom. The van der Waals surface area contributed by atoms with Crippen LogP contribution in [0.5, 0.6) is 0 Å². The quantitative estimate of drug-likeness (QED) is 0.340. The smallest absolute Gasteiger partial charge is 0.309 e. The zero-order valence-corrected chi connectivity index (χ0v) is 15.2. The highest BCUT2D eigenvalue weighted by atomic mass is 35.5. The van der Waals surface area contributed by atoms with Crippen LogP contribution < -0.4 is 10.6 Å². The maximum atomic E-state index is 13.8. The first kappa shape index (κ1) is 19.6. The Labute approximate surface area is 150 Å². The third-order valence-electron chi connectivity index (χ3n) is 3.62. The Morgan fingerprint density at radius 2 is 1.48 bits per heavy atom. The van der Waals surface area contributed by atoms with E-state index in [0.29, 0.717) is 16.7 Å². The van der Waals surface area contributed by atoms with E-state index < -0.39 is 18.4 Å². The van der Waals surface area contributed by atoms with Crippen LogP contribution in [0.15, 0.2) is 84.0 Å². The van der Waals surface area contributed by atoms with Crippen molar-refractivity contribution in [3.63, 3.8) is 0 Å². The van der Waals surface area contributed by atoms with E-state index in [1.165, 1.54) is 5.82 Å². The molecule has 0 aliphatic rings. The third kappa shape index (κ3) is 4.87. The second-order valence-corrected chi connectivity index (χ2v) is 8.46. The summed E-state index contributed by atoms with van der Waals surface area (Å²) in [6, 6.07) is 17.4. The lowest BCUT2D eigenvalue weighted by Crippen LogP contribution is -2.14. The highest BCUT2D eigenvalue weighted by Gasteiger charge is 2.32. The molecule has 0 saturated carbocycles. The molecular weight excluding hydrogens is 368 g/mol. The Morgan fingerprint density at radius 3 is 1.84 bits per heavy atom. The highest BCUT2D eigenvalue weighted by Crippen LogP contribution is 2.47. The third-order valence-corrected chi connectivity index (χ3v) is 6.62. The van der Waals surface area contributed by atoms with Crippen LogP contribution in [0.25, 0.3) is 0 Å². The van der Waals surface area contributed by atoms with Crippen LogP contribution >= 0.6 is 18.7 Å². The normalized spacial score (nSPS) is 13.8. The molecule has 0 fully saturated rings. The van der Waals surface area contributed by atoms with E-state index in [1.54, 1.807) is 67.6 Å². The van der Waals surface area contributed by atoms with Crippen LogP contribution in [0.2, 0.25) is 0 Å². The molecule has 0 heterocycles. The van der Waals surface area contributed by atoms with E-state index in [4.69, 9.17) is 11.6 Å². The fraction of sp³-hybridized carbons (Fsp3) is 0.158. The van der Waals surface area contributed by atoms with Crippen LogP contribution in [0, 0.1) is 0 Å². The fourth-order valence-electron chi connectivity index (χ4n) is 2.31. The molecule has 0 aromatic heterocycles. The van der Waals surface area contributed by atoms with Crippen LogP contribution in [-0.2, 0) is 4.57 Å². The van der Waals surface area contributed by atoms with Crippen LogP contribution in [0.4, 0.5) is 13.2 Å². The predicted molar refractivity (Wildman–Crippen MR) is 98.1 cm³/mol. The molecule has 0 N–H and O–H groups in total. The van der Waals surface area contributed by atoms with Gasteiger partial charge < -0.3 is 4.57 Å². The van der Waals surface area contributed by atoms with Crippen molar-refractivity contribution in [1.82, 2.24) is 0 Å². The van der Waals surface area contributed by atoms with Crippen molar-refractivity contribution < 1.29 is 17.7 Å². The molecule has 0 spiro atoms. The van der Waals surface area contributed by atoms with Crippen molar-refractivity contribution in [2.45, 2.75) is 18.7 Å². The summed E-state index contributed by atoms with van der Waals surface area (Å²) < 4.78 is 53.2. The number of benzene rings is 2. The maximum absolute atomic E-state index is 13.8. The minimum absolute atomic E-state index is 0.189. The van der Waals surface area contributed by atoms with Crippen molar-refractivity contribution >= 4 is 29.4 Å². The molecule has 0 radical (unpaired) electrons. The molecule has 0 unspecified atom stereocenters. The highest BCUT2D eigenvalue weighted by molar-refractivity contribution is 7.81. The lowest BCUT2D eigenvalue weighted by atomic mass is 10.2. The Balaban J connectivity index is 2.63. The van der Waals surface area contributed by atoms with Crippen molar-refractivity contribution in [2.24, 2.45) is 0 Å². The summed E-state index contributed by atoms with van der Waals surface area (Å²) in [4.78, 5) is 0. The van der Waals surface area contributed by atoms with Gasteiger partial charge in [0.1, 0.15) is 0 Å². The second-order valence-electron chi connectivity index (χ2n) is 5.38. The first-order valence-electron chi connectivity index (χ1n) is 7.64. The lowest BCUT2D eigenvalue weighted by molar-refractivity contribution is 0.110. The van der Waals surface area contributed by atoms with Gasteiger partial charge in [0.2, 0.25) is 0 Å². The van der Waals surface area contributed by atoms with Crippen molar-refractivity contribution in [3.8, 4) is 0 Å². The molecule has 0 bridgehead atoms. The van der Waals surface area contributed by atoms with Gasteiger partial charge in [-0.3, -0.25) is 0 Å². The molecule has 0 aliphatic carbocycles. The molecule has 2 rings (SSSR count). The first-order chi connectivity index (χ1) is 11.8. The zero-order valence-electron chi connectivity index (χ0n) is 13.5. The monoisotopic (exact) mass is 384 g/mol. The summed E-state index contributed by atoms with van der Waals surface area (Å²) in [6.45, 7) is 1.67. The van der Waals surface area contributed by atoms with Gasteiger partial charge in [-0.2, -0.15) is 8.78 Å². The van der Waals surface area contributed by atoms with Crippen molar-refractivity contribution in [1.29, 1.82) is 0 Å². The number of halogens is 4. The molecular formula is C19H17ClF3OP. The number of rotatable bonds is 6. The maximum Gasteiger partial charge on any atom is 0.373 e. The molecule has 0 saturated heterocycles. The van der Waals surface area contributed by atoms with Crippen LogP contribution in [-0.4, -0.2) is 5.38 Å². The average molecular weight is 385 g/mol. The van der Waals surface area contributed by atoms with Crippen molar-refractivity contribution in [2.75, 3.05) is 0 Å². The van der Waals surface area contributed by atoms with Gasteiger partial charge in [-0.1, -0.05) is 67.6 Å². The van der Waals surface area contributed by atoms with E-state index in [0.717, 1.165) is 0 Å². The summed E-state index contributed by atoms with van der Waals surface area (Å²) in [5.41, 5.74) is 0.189. The van der Waals surface area contributed by atoms with Gasteiger partial charge in [0.25, 0.3) is 0 Å². The molecule has 132 valence electrons. The van der Waals surface area contributed by atoms with Gasteiger partial charge in [-0.05, 0) is 35.5 Å². The summed E-state index contributed by atoms with van der Waals surface area (Å²) in [5, 5.41) is -3.00. The molecule has 6 heteroatoms. The van der Waals surface area contributed by atoms with E-state index in [-0.39, 0.29) is 12.0 Å².